The normalized spacial score (nSPS) is 18.6. The first-order valence-electron chi connectivity index (χ1n) is 5.98. The molecule has 0 aliphatic carbocycles. The Morgan fingerprint density at radius 2 is 2.10 bits per heavy atom. The minimum absolute atomic E-state index is 0.0799. The highest BCUT2D eigenvalue weighted by atomic mass is 32.2. The van der Waals surface area contributed by atoms with Gasteiger partial charge in [0.1, 0.15) is 12.4 Å². The molecule has 0 spiro atoms. The van der Waals surface area contributed by atoms with E-state index in [2.05, 4.69) is 5.32 Å². The Morgan fingerprint density at radius 3 is 2.65 bits per heavy atom. The Bertz CT molecular complexity index is 641. The molecule has 0 aromatic heterocycles. The van der Waals surface area contributed by atoms with Gasteiger partial charge in [0.25, 0.3) is 0 Å². The van der Waals surface area contributed by atoms with E-state index in [1.165, 1.54) is 6.07 Å². The van der Waals surface area contributed by atoms with E-state index in [9.17, 15) is 13.2 Å². The Hall–Kier alpha value is -1.80. The summed E-state index contributed by atoms with van der Waals surface area (Å²) in [7, 11) is -3.75. The Kier molecular flexibility index (Phi) is 3.87. The first-order chi connectivity index (χ1) is 9.27. The van der Waals surface area contributed by atoms with Gasteiger partial charge in [-0.2, -0.15) is 0 Å². The van der Waals surface area contributed by atoms with E-state index < -0.39 is 16.1 Å². The van der Waals surface area contributed by atoms with Crippen LogP contribution in [0.15, 0.2) is 17.0 Å². The van der Waals surface area contributed by atoms with E-state index in [0.717, 1.165) is 0 Å². The molecule has 1 saturated heterocycles. The van der Waals surface area contributed by atoms with E-state index in [-0.39, 0.29) is 17.6 Å². The van der Waals surface area contributed by atoms with E-state index in [1.54, 1.807) is 19.9 Å². The quantitative estimate of drug-likeness (QED) is 0.838. The minimum atomic E-state index is -3.75. The summed E-state index contributed by atoms with van der Waals surface area (Å²) < 4.78 is 33.3. The molecule has 110 valence electrons. The zero-order chi connectivity index (χ0) is 14.9. The van der Waals surface area contributed by atoms with Gasteiger partial charge >= 0.3 is 6.09 Å². The zero-order valence-corrected chi connectivity index (χ0v) is 12.0. The fourth-order valence-corrected chi connectivity index (χ4v) is 2.78. The summed E-state index contributed by atoms with van der Waals surface area (Å²) in [5, 5.41) is 7.65. The summed E-state index contributed by atoms with van der Waals surface area (Å²) in [5.41, 5.74) is 1.16. The van der Waals surface area contributed by atoms with Crippen LogP contribution in [0, 0.1) is 13.8 Å². The second kappa shape index (κ2) is 5.29. The molecule has 1 unspecified atom stereocenters. The van der Waals surface area contributed by atoms with Crippen molar-refractivity contribution in [3.05, 3.63) is 23.3 Å². The van der Waals surface area contributed by atoms with Crippen LogP contribution in [0.25, 0.3) is 0 Å². The zero-order valence-electron chi connectivity index (χ0n) is 11.2. The van der Waals surface area contributed by atoms with Gasteiger partial charge in [-0.15, -0.1) is 0 Å². The molecule has 20 heavy (non-hydrogen) atoms. The third kappa shape index (κ3) is 3.20. The summed E-state index contributed by atoms with van der Waals surface area (Å²) >= 11 is 0. The van der Waals surface area contributed by atoms with Crippen molar-refractivity contribution in [2.45, 2.75) is 24.8 Å². The molecule has 0 saturated carbocycles. The van der Waals surface area contributed by atoms with Gasteiger partial charge in [-0.1, -0.05) is 0 Å². The fraction of sp³-hybridized carbons (Fsp3) is 0.417. The lowest BCUT2D eigenvalue weighted by atomic mass is 10.1. The Balaban J connectivity index is 2.13. The number of benzene rings is 1. The van der Waals surface area contributed by atoms with Gasteiger partial charge in [-0.05, 0) is 37.1 Å². The minimum Gasteiger partial charge on any atom is -0.489 e. The van der Waals surface area contributed by atoms with Crippen molar-refractivity contribution in [3.8, 4) is 5.75 Å². The van der Waals surface area contributed by atoms with Crippen LogP contribution in [0.3, 0.4) is 0 Å². The highest BCUT2D eigenvalue weighted by Crippen LogP contribution is 2.25. The van der Waals surface area contributed by atoms with Gasteiger partial charge in [0.2, 0.25) is 10.0 Å². The van der Waals surface area contributed by atoms with Crippen LogP contribution in [-0.4, -0.2) is 33.8 Å². The van der Waals surface area contributed by atoms with Crippen molar-refractivity contribution in [1.29, 1.82) is 0 Å². The molecule has 8 heteroatoms. The largest absolute Gasteiger partial charge is 0.489 e. The SMILES string of the molecule is Cc1cc(S(N)(=O)=O)c(C)cc1OCC1CNC(=O)O1. The van der Waals surface area contributed by atoms with Crippen molar-refractivity contribution in [1.82, 2.24) is 5.32 Å². The van der Waals surface area contributed by atoms with Gasteiger partial charge in [0.05, 0.1) is 11.4 Å². The molecule has 3 N–H and O–H groups in total. The smallest absolute Gasteiger partial charge is 0.407 e. The molecule has 2 rings (SSSR count). The predicted octanol–water partition coefficient (Wildman–Crippen LogP) is 0.438. The van der Waals surface area contributed by atoms with Gasteiger partial charge in [0, 0.05) is 0 Å². The van der Waals surface area contributed by atoms with Crippen LogP contribution in [0.2, 0.25) is 0 Å². The topological polar surface area (TPSA) is 108 Å². The number of nitrogens with one attached hydrogen (secondary N) is 1. The number of hydrogen-bond acceptors (Lipinski definition) is 5. The molecule has 1 aliphatic heterocycles. The summed E-state index contributed by atoms with van der Waals surface area (Å²) in [6.45, 7) is 3.96. The number of ether oxygens (including phenoxy) is 2. The van der Waals surface area contributed by atoms with Crippen LogP contribution in [0.1, 0.15) is 11.1 Å². The van der Waals surface area contributed by atoms with Crippen molar-refractivity contribution < 1.29 is 22.7 Å². The van der Waals surface area contributed by atoms with Crippen LogP contribution in [-0.2, 0) is 14.8 Å². The lowest BCUT2D eigenvalue weighted by Gasteiger charge is -2.14. The van der Waals surface area contributed by atoms with Crippen molar-refractivity contribution in [2.75, 3.05) is 13.2 Å². The van der Waals surface area contributed by atoms with Crippen LogP contribution < -0.4 is 15.2 Å². The third-order valence-electron chi connectivity index (χ3n) is 2.95. The van der Waals surface area contributed by atoms with Crippen LogP contribution in [0.4, 0.5) is 4.79 Å². The highest BCUT2D eigenvalue weighted by Gasteiger charge is 2.23. The van der Waals surface area contributed by atoms with Crippen LogP contribution >= 0.6 is 0 Å². The maximum absolute atomic E-state index is 11.4. The van der Waals surface area contributed by atoms with E-state index in [0.29, 0.717) is 23.4 Å². The first kappa shape index (κ1) is 14.6. The van der Waals surface area contributed by atoms with Gasteiger partial charge in [-0.25, -0.2) is 18.4 Å². The maximum atomic E-state index is 11.4. The molecule has 0 bridgehead atoms. The number of rotatable bonds is 4. The van der Waals surface area contributed by atoms with Crippen molar-refractivity contribution in [3.63, 3.8) is 0 Å². The Morgan fingerprint density at radius 1 is 1.40 bits per heavy atom. The highest BCUT2D eigenvalue weighted by molar-refractivity contribution is 7.89. The maximum Gasteiger partial charge on any atom is 0.407 e. The van der Waals surface area contributed by atoms with E-state index >= 15 is 0 Å². The fourth-order valence-electron chi connectivity index (χ4n) is 1.93. The molecule has 1 aromatic carbocycles. The monoisotopic (exact) mass is 300 g/mol. The lowest BCUT2D eigenvalue weighted by Crippen LogP contribution is -2.22. The number of nitrogens with two attached hydrogens (primary N) is 1. The van der Waals surface area contributed by atoms with E-state index in [4.69, 9.17) is 14.6 Å². The molecule has 0 radical (unpaired) electrons. The molecule has 1 fully saturated rings. The third-order valence-corrected chi connectivity index (χ3v) is 4.00. The molecule has 1 aliphatic rings. The Labute approximate surface area is 117 Å². The second-order valence-corrected chi connectivity index (χ2v) is 6.18. The lowest BCUT2D eigenvalue weighted by molar-refractivity contribution is 0.104. The number of hydrogen-bond donors (Lipinski definition) is 2. The summed E-state index contributed by atoms with van der Waals surface area (Å²) in [4.78, 5) is 11.0. The van der Waals surface area contributed by atoms with Crippen molar-refractivity contribution in [2.24, 2.45) is 5.14 Å². The molecule has 1 aromatic rings. The number of carbonyl (C=O) groups excluding carboxylic acids is 1. The number of amides is 1. The van der Waals surface area contributed by atoms with Gasteiger partial charge < -0.3 is 14.8 Å². The number of carbonyl (C=O) groups is 1. The molecule has 1 amide bonds. The van der Waals surface area contributed by atoms with Crippen LogP contribution in [0.5, 0.6) is 5.75 Å². The molecular weight excluding hydrogens is 284 g/mol. The summed E-state index contributed by atoms with van der Waals surface area (Å²) in [6.07, 6.45) is -0.809. The van der Waals surface area contributed by atoms with Gasteiger partial charge in [-0.3, -0.25) is 0 Å². The van der Waals surface area contributed by atoms with Gasteiger partial charge in [0.15, 0.2) is 6.10 Å². The standard InChI is InChI=1S/C12H16N2O5S/c1-7-4-11(20(13,16)17)8(2)3-10(7)18-6-9-5-14-12(15)19-9/h3-4,9H,5-6H2,1-2H3,(H,14,15)(H2,13,16,17). The summed E-state index contributed by atoms with van der Waals surface area (Å²) in [6, 6.07) is 3.08. The number of aryl methyl sites for hydroxylation is 2. The van der Waals surface area contributed by atoms with E-state index in [1.807, 2.05) is 0 Å². The average molecular weight is 300 g/mol. The number of cyclic esters (lactones) is 1. The second-order valence-electron chi connectivity index (χ2n) is 4.65. The molecule has 1 heterocycles. The number of sulfonamides is 1. The predicted molar refractivity (Wildman–Crippen MR) is 71.1 cm³/mol. The summed E-state index contributed by atoms with van der Waals surface area (Å²) in [5.74, 6) is 0.540. The average Bonchev–Trinajstić information content (AvgIpc) is 2.74. The molecular formula is C12H16N2O5S. The van der Waals surface area contributed by atoms with Crippen molar-refractivity contribution >= 4 is 16.1 Å². The number of primary sulfonamides is 1. The first-order valence-corrected chi connectivity index (χ1v) is 7.53. The molecule has 7 nitrogen and oxygen atoms in total. The number of alkyl carbamates (subject to hydrolysis) is 1. The molecule has 1 atom stereocenters.